The van der Waals surface area contributed by atoms with Crippen molar-refractivity contribution in [2.24, 2.45) is 0 Å². The largest absolute Gasteiger partial charge is 0.762 e. The minimum absolute atomic E-state index is 0.715. The van der Waals surface area contributed by atoms with Gasteiger partial charge in [-0.15, -0.1) is 0 Å². The van der Waals surface area contributed by atoms with E-state index in [-0.39, 0.29) is 0 Å². The van der Waals surface area contributed by atoms with Gasteiger partial charge in [0.2, 0.25) is 0 Å². The van der Waals surface area contributed by atoms with Crippen LogP contribution in [0.3, 0.4) is 0 Å². The maximum Gasteiger partial charge on any atom is 0.0247 e. The minimum atomic E-state index is -2.19. The molecule has 0 saturated carbocycles. The monoisotopic (exact) mass is 327 g/mol. The molecule has 2 nitrogen and oxygen atoms in total. The third-order valence-electron chi connectivity index (χ3n) is 4.06. The highest BCUT2D eigenvalue weighted by Gasteiger charge is 1.94. The molecule has 0 spiro atoms. The fraction of sp³-hybridized carbons (Fsp3) is 0.895. The van der Waals surface area contributed by atoms with E-state index in [1.807, 2.05) is 0 Å². The van der Waals surface area contributed by atoms with Crippen LogP contribution >= 0.6 is 0 Å². The van der Waals surface area contributed by atoms with E-state index >= 15 is 0 Å². The van der Waals surface area contributed by atoms with Crippen molar-refractivity contribution in [1.82, 2.24) is 0 Å². The summed E-state index contributed by atoms with van der Waals surface area (Å²) in [6.07, 6.45) is 20.9. The van der Waals surface area contributed by atoms with Crippen molar-refractivity contribution in [2.45, 2.75) is 110 Å². The van der Waals surface area contributed by atoms with Gasteiger partial charge in [0.25, 0.3) is 0 Å². The van der Waals surface area contributed by atoms with E-state index in [4.69, 9.17) is 0 Å². The van der Waals surface area contributed by atoms with Crippen molar-refractivity contribution in [1.29, 1.82) is 0 Å². The highest BCUT2D eigenvalue weighted by Crippen LogP contribution is 2.13. The van der Waals surface area contributed by atoms with Crippen LogP contribution in [-0.4, -0.2) is 8.76 Å². The van der Waals surface area contributed by atoms with Crippen LogP contribution in [0.1, 0.15) is 110 Å². The molecule has 0 rings (SSSR count). The van der Waals surface area contributed by atoms with Gasteiger partial charge >= 0.3 is 0 Å². The van der Waals surface area contributed by atoms with Gasteiger partial charge in [0.1, 0.15) is 0 Å². The molecule has 0 fully saturated rings. The first kappa shape index (κ1) is 21.7. The Bertz CT molecular complexity index is 304. The molecule has 0 heterocycles. The van der Waals surface area contributed by atoms with Crippen LogP contribution in [0.2, 0.25) is 0 Å². The molecular weight excluding hydrogens is 292 g/mol. The van der Waals surface area contributed by atoms with Crippen molar-refractivity contribution in [3.63, 3.8) is 0 Å². The Hall–Kier alpha value is -0.330. The summed E-state index contributed by atoms with van der Waals surface area (Å²) < 4.78 is 20.4. The van der Waals surface area contributed by atoms with E-state index in [0.717, 1.165) is 6.42 Å². The summed E-state index contributed by atoms with van der Waals surface area (Å²) >= 11 is -2.19. The molecule has 0 aromatic heterocycles. The van der Waals surface area contributed by atoms with Crippen molar-refractivity contribution < 1.29 is 8.76 Å². The lowest BCUT2D eigenvalue weighted by Crippen LogP contribution is -1.83. The van der Waals surface area contributed by atoms with E-state index in [2.05, 4.69) is 18.1 Å². The van der Waals surface area contributed by atoms with Crippen LogP contribution in [0.25, 0.3) is 0 Å². The lowest BCUT2D eigenvalue weighted by atomic mass is 10.0. The summed E-state index contributed by atoms with van der Waals surface area (Å²) in [6.45, 7) is 2.27. The predicted molar refractivity (Wildman–Crippen MR) is 96.2 cm³/mol. The SMILES string of the molecule is CCCCCCCCCCCCCCCCCC#CS(=O)[O-]. The van der Waals surface area contributed by atoms with E-state index in [1.165, 1.54) is 89.9 Å². The Morgan fingerprint density at radius 2 is 1.05 bits per heavy atom. The standard InChI is InChI=1S/C19H36O2S/c1-2-3-4-5-6-7-8-9-10-11-12-13-14-15-16-17-18-19-22(20)21/h2-17H2,1H3,(H,20,21)/p-1. The first-order valence-electron chi connectivity index (χ1n) is 9.35. The molecule has 1 unspecified atom stereocenters. The molecule has 0 aromatic rings. The molecule has 130 valence electrons. The molecule has 0 radical (unpaired) electrons. The van der Waals surface area contributed by atoms with Gasteiger partial charge < -0.3 is 4.55 Å². The van der Waals surface area contributed by atoms with Crippen LogP contribution in [0.4, 0.5) is 0 Å². The van der Waals surface area contributed by atoms with Crippen LogP contribution < -0.4 is 0 Å². The summed E-state index contributed by atoms with van der Waals surface area (Å²) in [6, 6.07) is 0. The molecular formula is C19H35O2S-. The van der Waals surface area contributed by atoms with Crippen LogP contribution in [0.15, 0.2) is 0 Å². The van der Waals surface area contributed by atoms with Gasteiger partial charge in [-0.2, -0.15) is 0 Å². The fourth-order valence-electron chi connectivity index (χ4n) is 2.69. The van der Waals surface area contributed by atoms with Crippen LogP contribution in [0.5, 0.6) is 0 Å². The Morgan fingerprint density at radius 1 is 0.682 bits per heavy atom. The van der Waals surface area contributed by atoms with Gasteiger partial charge in [-0.05, 0) is 11.7 Å². The van der Waals surface area contributed by atoms with E-state index in [9.17, 15) is 8.76 Å². The molecule has 0 aliphatic rings. The zero-order chi connectivity index (χ0) is 16.3. The van der Waals surface area contributed by atoms with Crippen molar-refractivity contribution in [2.75, 3.05) is 0 Å². The molecule has 0 N–H and O–H groups in total. The van der Waals surface area contributed by atoms with Crippen LogP contribution in [-0.2, 0) is 11.1 Å². The molecule has 0 aliphatic heterocycles. The number of rotatable bonds is 15. The van der Waals surface area contributed by atoms with Gasteiger partial charge in [0.15, 0.2) is 0 Å². The molecule has 0 aliphatic carbocycles. The predicted octanol–water partition coefficient (Wildman–Crippen LogP) is 6.09. The van der Waals surface area contributed by atoms with Crippen molar-refractivity contribution >= 4 is 11.1 Å². The molecule has 0 amide bonds. The van der Waals surface area contributed by atoms with Gasteiger partial charge in [-0.1, -0.05) is 103 Å². The first-order chi connectivity index (χ1) is 10.8. The quantitative estimate of drug-likeness (QED) is 0.207. The lowest BCUT2D eigenvalue weighted by Gasteiger charge is -2.03. The summed E-state index contributed by atoms with van der Waals surface area (Å²) in [5, 5.41) is 2.16. The second kappa shape index (κ2) is 18.7. The molecule has 0 bridgehead atoms. The molecule has 1 atom stereocenters. The zero-order valence-corrected chi connectivity index (χ0v) is 15.4. The van der Waals surface area contributed by atoms with E-state index in [0.29, 0.717) is 6.42 Å². The first-order valence-corrected chi connectivity index (χ1v) is 10.4. The second-order valence-electron chi connectivity index (χ2n) is 6.21. The van der Waals surface area contributed by atoms with Gasteiger partial charge in [-0.25, -0.2) is 0 Å². The summed E-state index contributed by atoms with van der Waals surface area (Å²) in [5.74, 6) is 2.67. The number of hydrogen-bond donors (Lipinski definition) is 0. The number of unbranched alkanes of at least 4 members (excludes halogenated alkanes) is 15. The maximum atomic E-state index is 10.2. The van der Waals surface area contributed by atoms with E-state index in [1.54, 1.807) is 0 Å². The summed E-state index contributed by atoms with van der Waals surface area (Å²) in [7, 11) is 0. The molecule has 3 heteroatoms. The zero-order valence-electron chi connectivity index (χ0n) is 14.5. The lowest BCUT2D eigenvalue weighted by molar-refractivity contribution is 0.533. The normalized spacial score (nSPS) is 11.9. The molecule has 0 saturated heterocycles. The Kier molecular flexibility index (Phi) is 18.4. The fourth-order valence-corrected chi connectivity index (χ4v) is 2.91. The Balaban J connectivity index is 3.03. The number of hydrogen-bond acceptors (Lipinski definition) is 2. The Morgan fingerprint density at radius 3 is 1.41 bits per heavy atom. The average molecular weight is 328 g/mol. The van der Waals surface area contributed by atoms with Crippen molar-refractivity contribution in [3.05, 3.63) is 0 Å². The molecule has 0 aromatic carbocycles. The third-order valence-corrected chi connectivity index (χ3v) is 4.37. The van der Waals surface area contributed by atoms with E-state index < -0.39 is 11.1 Å². The molecule has 22 heavy (non-hydrogen) atoms. The van der Waals surface area contributed by atoms with Crippen LogP contribution in [0, 0.1) is 11.2 Å². The minimum Gasteiger partial charge on any atom is -0.762 e. The summed E-state index contributed by atoms with van der Waals surface area (Å²) in [5.41, 5.74) is 0. The van der Waals surface area contributed by atoms with Gasteiger partial charge in [0, 0.05) is 17.5 Å². The third kappa shape index (κ3) is 19.7. The van der Waals surface area contributed by atoms with Gasteiger partial charge in [-0.3, -0.25) is 4.21 Å². The smallest absolute Gasteiger partial charge is 0.0247 e. The Labute approximate surface area is 141 Å². The summed E-state index contributed by atoms with van der Waals surface area (Å²) in [4.78, 5) is 0. The average Bonchev–Trinajstić information content (AvgIpc) is 2.50. The van der Waals surface area contributed by atoms with Crippen molar-refractivity contribution in [3.8, 4) is 11.2 Å². The maximum absolute atomic E-state index is 10.2. The second-order valence-corrected chi connectivity index (χ2v) is 6.89. The topological polar surface area (TPSA) is 40.1 Å². The van der Waals surface area contributed by atoms with Gasteiger partial charge in [0.05, 0.1) is 0 Å². The highest BCUT2D eigenvalue weighted by atomic mass is 32.2. The highest BCUT2D eigenvalue weighted by molar-refractivity contribution is 7.84.